The molecule has 1 fully saturated rings. The van der Waals surface area contributed by atoms with Crippen LogP contribution in [-0.2, 0) is 16.1 Å². The molecule has 1 unspecified atom stereocenters. The molecular weight excluding hydrogens is 238 g/mol. The summed E-state index contributed by atoms with van der Waals surface area (Å²) in [5.74, 6) is 0.0407. The van der Waals surface area contributed by atoms with Gasteiger partial charge in [-0.2, -0.15) is 0 Å². The summed E-state index contributed by atoms with van der Waals surface area (Å²) >= 11 is 1.64. The number of carbonyl (C=O) groups excluding carboxylic acids is 1. The second-order valence-electron chi connectivity index (χ2n) is 4.29. The van der Waals surface area contributed by atoms with Crippen LogP contribution < -0.4 is 0 Å². The molecule has 1 aliphatic heterocycles. The van der Waals surface area contributed by atoms with E-state index >= 15 is 0 Å². The zero-order valence-corrected chi connectivity index (χ0v) is 10.9. The number of ether oxygens (including phenoxy) is 1. The van der Waals surface area contributed by atoms with E-state index in [1.54, 1.807) is 30.3 Å². The van der Waals surface area contributed by atoms with Gasteiger partial charge in [-0.15, -0.1) is 11.3 Å². The number of likely N-dealkylation sites (N-methyl/N-ethyl adjacent to an activating group) is 1. The lowest BCUT2D eigenvalue weighted by molar-refractivity contribution is -0.147. The van der Waals surface area contributed by atoms with Crippen molar-refractivity contribution in [2.75, 3.05) is 33.8 Å². The van der Waals surface area contributed by atoms with E-state index < -0.39 is 0 Å². The fourth-order valence-electron chi connectivity index (χ4n) is 1.82. The summed E-state index contributed by atoms with van der Waals surface area (Å²) in [4.78, 5) is 20.9. The Kier molecular flexibility index (Phi) is 4.09. The van der Waals surface area contributed by atoms with Crippen molar-refractivity contribution in [1.29, 1.82) is 0 Å². The molecule has 1 aromatic heterocycles. The first-order chi connectivity index (χ1) is 8.16. The van der Waals surface area contributed by atoms with E-state index in [-0.39, 0.29) is 12.0 Å². The van der Waals surface area contributed by atoms with Crippen LogP contribution >= 0.6 is 11.3 Å². The van der Waals surface area contributed by atoms with Gasteiger partial charge in [-0.3, -0.25) is 14.7 Å². The second kappa shape index (κ2) is 5.57. The van der Waals surface area contributed by atoms with Gasteiger partial charge in [0.15, 0.2) is 0 Å². The van der Waals surface area contributed by atoms with Crippen molar-refractivity contribution in [3.05, 3.63) is 16.6 Å². The maximum atomic E-state index is 11.8. The lowest BCUT2D eigenvalue weighted by Gasteiger charge is -2.32. The van der Waals surface area contributed by atoms with Crippen LogP contribution in [0.15, 0.2) is 11.7 Å². The number of thiazole rings is 1. The van der Waals surface area contributed by atoms with Crippen LogP contribution in [0, 0.1) is 0 Å². The highest BCUT2D eigenvalue weighted by Crippen LogP contribution is 2.13. The molecule has 17 heavy (non-hydrogen) atoms. The average Bonchev–Trinajstić information content (AvgIpc) is 2.81. The molecule has 0 N–H and O–H groups in total. The number of morpholine rings is 1. The first-order valence-corrected chi connectivity index (χ1v) is 6.47. The standard InChI is InChI=1S/C11H17N3O2S/c1-13(2)11(15)10-7-14(3-4-16-10)6-9-5-12-8-17-9/h5,8,10H,3-4,6-7H2,1-2H3. The fourth-order valence-corrected chi connectivity index (χ4v) is 2.46. The molecule has 1 aromatic rings. The average molecular weight is 255 g/mol. The highest BCUT2D eigenvalue weighted by atomic mass is 32.1. The number of rotatable bonds is 3. The van der Waals surface area contributed by atoms with Crippen LogP contribution in [0.2, 0.25) is 0 Å². The molecule has 1 aliphatic rings. The Balaban J connectivity index is 1.91. The molecule has 0 saturated carbocycles. The van der Waals surface area contributed by atoms with Crippen molar-refractivity contribution >= 4 is 17.2 Å². The predicted octanol–water partition coefficient (Wildman–Crippen LogP) is 0.432. The van der Waals surface area contributed by atoms with E-state index in [0.717, 1.165) is 13.1 Å². The largest absolute Gasteiger partial charge is 0.366 e. The third-order valence-electron chi connectivity index (χ3n) is 2.73. The van der Waals surface area contributed by atoms with Gasteiger partial charge in [0, 0.05) is 44.8 Å². The monoisotopic (exact) mass is 255 g/mol. The van der Waals surface area contributed by atoms with E-state index in [2.05, 4.69) is 9.88 Å². The van der Waals surface area contributed by atoms with Gasteiger partial charge in [0.2, 0.25) is 0 Å². The molecule has 6 heteroatoms. The molecule has 1 atom stereocenters. The molecule has 0 spiro atoms. The van der Waals surface area contributed by atoms with Gasteiger partial charge in [-0.25, -0.2) is 0 Å². The summed E-state index contributed by atoms with van der Waals surface area (Å²) in [6, 6.07) is 0. The van der Waals surface area contributed by atoms with Crippen molar-refractivity contribution in [2.45, 2.75) is 12.6 Å². The highest BCUT2D eigenvalue weighted by Gasteiger charge is 2.27. The summed E-state index contributed by atoms with van der Waals surface area (Å²) in [5, 5.41) is 0. The third kappa shape index (κ3) is 3.24. The molecule has 2 heterocycles. The molecule has 2 rings (SSSR count). The SMILES string of the molecule is CN(C)C(=O)C1CN(Cc2cncs2)CCO1. The van der Waals surface area contributed by atoms with Gasteiger partial charge in [0.1, 0.15) is 6.10 Å². The Morgan fingerprint density at radius 1 is 1.71 bits per heavy atom. The predicted molar refractivity (Wildman–Crippen MR) is 65.8 cm³/mol. The zero-order valence-electron chi connectivity index (χ0n) is 10.1. The quantitative estimate of drug-likeness (QED) is 0.786. The highest BCUT2D eigenvalue weighted by molar-refractivity contribution is 7.09. The van der Waals surface area contributed by atoms with Crippen LogP contribution in [0.1, 0.15) is 4.88 Å². The molecule has 0 bridgehead atoms. The minimum absolute atomic E-state index is 0.0407. The topological polar surface area (TPSA) is 45.7 Å². The Morgan fingerprint density at radius 3 is 3.18 bits per heavy atom. The third-order valence-corrected chi connectivity index (χ3v) is 3.49. The number of hydrogen-bond acceptors (Lipinski definition) is 5. The van der Waals surface area contributed by atoms with Gasteiger partial charge < -0.3 is 9.64 Å². The number of nitrogens with zero attached hydrogens (tertiary/aromatic N) is 3. The summed E-state index contributed by atoms with van der Waals surface area (Å²) < 4.78 is 5.51. The number of carbonyl (C=O) groups is 1. The molecule has 0 radical (unpaired) electrons. The van der Waals surface area contributed by atoms with E-state index in [9.17, 15) is 4.79 Å². The van der Waals surface area contributed by atoms with Crippen LogP contribution in [0.5, 0.6) is 0 Å². The van der Waals surface area contributed by atoms with Crippen molar-refractivity contribution in [3.63, 3.8) is 0 Å². The van der Waals surface area contributed by atoms with Crippen molar-refractivity contribution < 1.29 is 9.53 Å². The Bertz CT molecular complexity index is 367. The minimum Gasteiger partial charge on any atom is -0.366 e. The number of hydrogen-bond donors (Lipinski definition) is 0. The molecule has 1 amide bonds. The normalized spacial score (nSPS) is 21.4. The lowest BCUT2D eigenvalue weighted by atomic mass is 10.2. The molecule has 5 nitrogen and oxygen atoms in total. The zero-order chi connectivity index (χ0) is 12.3. The fraction of sp³-hybridized carbons (Fsp3) is 0.636. The number of amides is 1. The van der Waals surface area contributed by atoms with Crippen molar-refractivity contribution in [3.8, 4) is 0 Å². The van der Waals surface area contributed by atoms with E-state index in [0.29, 0.717) is 13.2 Å². The van der Waals surface area contributed by atoms with E-state index in [1.807, 2.05) is 11.7 Å². The van der Waals surface area contributed by atoms with Gasteiger partial charge in [-0.1, -0.05) is 0 Å². The van der Waals surface area contributed by atoms with Gasteiger partial charge >= 0.3 is 0 Å². The van der Waals surface area contributed by atoms with E-state index in [1.165, 1.54) is 4.88 Å². The lowest BCUT2D eigenvalue weighted by Crippen LogP contribution is -2.49. The van der Waals surface area contributed by atoms with Crippen LogP contribution in [0.25, 0.3) is 0 Å². The Hall–Kier alpha value is -0.980. The second-order valence-corrected chi connectivity index (χ2v) is 5.27. The van der Waals surface area contributed by atoms with Crippen molar-refractivity contribution in [1.82, 2.24) is 14.8 Å². The first kappa shape index (κ1) is 12.5. The summed E-state index contributed by atoms with van der Waals surface area (Å²) in [7, 11) is 3.52. The molecular formula is C11H17N3O2S. The maximum absolute atomic E-state index is 11.8. The summed E-state index contributed by atoms with van der Waals surface area (Å²) in [5.41, 5.74) is 1.83. The van der Waals surface area contributed by atoms with Crippen LogP contribution in [0.4, 0.5) is 0 Å². The smallest absolute Gasteiger partial charge is 0.252 e. The van der Waals surface area contributed by atoms with Gasteiger partial charge in [0.05, 0.1) is 12.1 Å². The van der Waals surface area contributed by atoms with Gasteiger partial charge in [-0.05, 0) is 0 Å². The van der Waals surface area contributed by atoms with Crippen LogP contribution in [0.3, 0.4) is 0 Å². The molecule has 94 valence electrons. The molecule has 0 aliphatic carbocycles. The maximum Gasteiger partial charge on any atom is 0.252 e. The minimum atomic E-state index is -0.327. The van der Waals surface area contributed by atoms with Crippen LogP contribution in [-0.4, -0.2) is 60.6 Å². The molecule has 1 saturated heterocycles. The van der Waals surface area contributed by atoms with Gasteiger partial charge in [0.25, 0.3) is 5.91 Å². The number of aromatic nitrogens is 1. The molecule has 0 aromatic carbocycles. The van der Waals surface area contributed by atoms with Crippen molar-refractivity contribution in [2.24, 2.45) is 0 Å². The first-order valence-electron chi connectivity index (χ1n) is 5.59. The summed E-state index contributed by atoms with van der Waals surface area (Å²) in [6.45, 7) is 3.00. The Labute approximate surface area is 105 Å². The summed E-state index contributed by atoms with van der Waals surface area (Å²) in [6.07, 6.45) is 1.55. The Morgan fingerprint density at radius 2 is 2.53 bits per heavy atom. The van der Waals surface area contributed by atoms with E-state index in [4.69, 9.17) is 4.74 Å².